The molecule has 9 rings (SSSR count). The third-order valence-corrected chi connectivity index (χ3v) is 9.96. The van der Waals surface area contributed by atoms with E-state index in [1.165, 1.54) is 78.3 Å². The summed E-state index contributed by atoms with van der Waals surface area (Å²) < 4.78 is 0. The van der Waals surface area contributed by atoms with E-state index in [9.17, 15) is 0 Å². The average molecular weight is 552 g/mol. The lowest BCUT2D eigenvalue weighted by molar-refractivity contribution is 0.573. The van der Waals surface area contributed by atoms with Gasteiger partial charge in [0, 0.05) is 17.3 Å². The predicted octanol–water partition coefficient (Wildman–Crippen LogP) is 11.2. The van der Waals surface area contributed by atoms with E-state index >= 15 is 0 Å². The maximum Gasteiger partial charge on any atom is 0.0591 e. The number of fused-ring (bicyclic) bond motifs is 9. The third kappa shape index (κ3) is 3.92. The molecule has 0 aromatic heterocycles. The van der Waals surface area contributed by atoms with Crippen LogP contribution in [0.25, 0.3) is 49.9 Å². The Morgan fingerprint density at radius 1 is 0.558 bits per heavy atom. The van der Waals surface area contributed by atoms with Crippen LogP contribution in [0.2, 0.25) is 0 Å². The van der Waals surface area contributed by atoms with E-state index in [1.54, 1.807) is 0 Å². The summed E-state index contributed by atoms with van der Waals surface area (Å²) in [4.78, 5) is 2.62. The molecule has 0 N–H and O–H groups in total. The van der Waals surface area contributed by atoms with Crippen molar-refractivity contribution in [2.75, 3.05) is 4.90 Å². The van der Waals surface area contributed by atoms with Crippen molar-refractivity contribution in [2.24, 2.45) is 0 Å². The zero-order valence-electron chi connectivity index (χ0n) is 24.2. The Morgan fingerprint density at radius 2 is 1.33 bits per heavy atom. The normalized spacial score (nSPS) is 18.6. The molecule has 0 spiro atoms. The quantitative estimate of drug-likeness (QED) is 0.156. The average Bonchev–Trinajstić information content (AvgIpc) is 3.42. The van der Waals surface area contributed by atoms with Crippen LogP contribution in [0, 0.1) is 0 Å². The summed E-state index contributed by atoms with van der Waals surface area (Å²) in [6.07, 6.45) is 14.1. The van der Waals surface area contributed by atoms with E-state index < -0.39 is 0 Å². The van der Waals surface area contributed by atoms with Crippen molar-refractivity contribution in [3.8, 4) is 22.3 Å². The van der Waals surface area contributed by atoms with Gasteiger partial charge in [-0.05, 0) is 117 Å². The van der Waals surface area contributed by atoms with Crippen LogP contribution in [0.5, 0.6) is 0 Å². The van der Waals surface area contributed by atoms with Crippen LogP contribution >= 0.6 is 0 Å². The summed E-state index contributed by atoms with van der Waals surface area (Å²) in [5.74, 6) is 0.501. The first kappa shape index (κ1) is 24.7. The van der Waals surface area contributed by atoms with Crippen molar-refractivity contribution in [2.45, 2.75) is 37.6 Å². The highest BCUT2D eigenvalue weighted by atomic mass is 15.2. The number of nitrogens with zero attached hydrogens (tertiary/aromatic N) is 1. The highest BCUT2D eigenvalue weighted by molar-refractivity contribution is 6.13. The van der Waals surface area contributed by atoms with Gasteiger partial charge in [0.25, 0.3) is 0 Å². The van der Waals surface area contributed by atoms with Crippen molar-refractivity contribution in [1.82, 2.24) is 0 Å². The molecule has 0 radical (unpaired) electrons. The molecule has 0 saturated carbocycles. The van der Waals surface area contributed by atoms with Gasteiger partial charge in [0.1, 0.15) is 0 Å². The molecule has 1 aliphatic heterocycles. The molecular weight excluding hydrogens is 518 g/mol. The Bertz CT molecular complexity index is 2100. The fraction of sp³-hybridized carbons (Fsp3) is 0.143. The zero-order valence-corrected chi connectivity index (χ0v) is 24.2. The number of rotatable bonds is 3. The minimum atomic E-state index is 0.350. The number of hydrogen-bond acceptors (Lipinski definition) is 1. The molecule has 0 saturated heterocycles. The molecule has 2 unspecified atom stereocenters. The first-order chi connectivity index (χ1) is 21.3. The summed E-state index contributed by atoms with van der Waals surface area (Å²) in [5.41, 5.74) is 12.2. The molecule has 0 amide bonds. The summed E-state index contributed by atoms with van der Waals surface area (Å²) in [6.45, 7) is 0. The summed E-state index contributed by atoms with van der Waals surface area (Å²) in [7, 11) is 0. The number of aryl methyl sites for hydroxylation is 1. The van der Waals surface area contributed by atoms with E-state index in [4.69, 9.17) is 0 Å². The monoisotopic (exact) mass is 551 g/mol. The van der Waals surface area contributed by atoms with Crippen molar-refractivity contribution in [3.05, 3.63) is 150 Å². The van der Waals surface area contributed by atoms with Gasteiger partial charge >= 0.3 is 0 Å². The lowest BCUT2D eigenvalue weighted by Gasteiger charge is -2.31. The second kappa shape index (κ2) is 9.85. The minimum absolute atomic E-state index is 0.350. The molecule has 0 fully saturated rings. The molecule has 3 aliphatic rings. The molecule has 1 heteroatoms. The second-order valence-electron chi connectivity index (χ2n) is 12.3. The molecule has 1 nitrogen and oxygen atoms in total. The predicted molar refractivity (Wildman–Crippen MR) is 183 cm³/mol. The van der Waals surface area contributed by atoms with Crippen LogP contribution in [0.15, 0.2) is 133 Å². The van der Waals surface area contributed by atoms with Gasteiger partial charge < -0.3 is 4.90 Å². The Labute approximate surface area is 253 Å². The van der Waals surface area contributed by atoms with E-state index in [0.29, 0.717) is 12.0 Å². The second-order valence-corrected chi connectivity index (χ2v) is 12.3. The van der Waals surface area contributed by atoms with Crippen molar-refractivity contribution >= 4 is 39.0 Å². The van der Waals surface area contributed by atoms with Crippen molar-refractivity contribution in [3.63, 3.8) is 0 Å². The first-order valence-corrected chi connectivity index (χ1v) is 15.7. The van der Waals surface area contributed by atoms with Gasteiger partial charge in [0.15, 0.2) is 0 Å². The molecule has 43 heavy (non-hydrogen) atoms. The summed E-state index contributed by atoms with van der Waals surface area (Å²) >= 11 is 0. The molecule has 0 bridgehead atoms. The Balaban J connectivity index is 1.18. The smallest absolute Gasteiger partial charge is 0.0591 e. The highest BCUT2D eigenvalue weighted by Crippen LogP contribution is 2.51. The number of allylic oxidation sites excluding steroid dienone is 2. The standard InChI is InChI=1S/C42H33N/c1-2-11-28(12-3-1)29-13-10-14-30(25-29)31-21-24-42-40(26-31)38-19-8-9-20-41(38)43(42)32-22-23-37-35-17-5-4-15-33(35)34-16-6-7-18-36(34)39(37)27-32/h1-6,9-17,20-27,38,41H,7-8,18-19H2. The largest absolute Gasteiger partial charge is 0.334 e. The number of anilines is 2. The van der Waals surface area contributed by atoms with Crippen LogP contribution in [-0.4, -0.2) is 6.04 Å². The van der Waals surface area contributed by atoms with Crippen LogP contribution in [0.1, 0.15) is 41.9 Å². The van der Waals surface area contributed by atoms with Gasteiger partial charge in [0.05, 0.1) is 6.04 Å². The van der Waals surface area contributed by atoms with Crippen LogP contribution in [-0.2, 0) is 6.42 Å². The molecule has 206 valence electrons. The zero-order chi connectivity index (χ0) is 28.3. The molecule has 1 heterocycles. The number of hydrogen-bond donors (Lipinski definition) is 0. The SMILES string of the molecule is C1=Cc2c(c3cc(N4c5ccc(-c6cccc(-c7ccccc7)c6)cc5C5CCC=CC54)ccc3c3ccccc23)CC1. The topological polar surface area (TPSA) is 3.24 Å². The van der Waals surface area contributed by atoms with Crippen molar-refractivity contribution in [1.29, 1.82) is 0 Å². The third-order valence-electron chi connectivity index (χ3n) is 9.96. The molecule has 2 atom stereocenters. The fourth-order valence-corrected chi connectivity index (χ4v) is 7.97. The van der Waals surface area contributed by atoms with Gasteiger partial charge in [0.2, 0.25) is 0 Å². The lowest BCUT2D eigenvalue weighted by Crippen LogP contribution is -2.29. The fourth-order valence-electron chi connectivity index (χ4n) is 7.97. The minimum Gasteiger partial charge on any atom is -0.334 e. The van der Waals surface area contributed by atoms with Gasteiger partial charge in [-0.3, -0.25) is 0 Å². The maximum atomic E-state index is 2.62. The van der Waals surface area contributed by atoms with E-state index in [1.807, 2.05) is 0 Å². The van der Waals surface area contributed by atoms with Crippen LogP contribution < -0.4 is 4.90 Å². The number of benzene rings is 6. The van der Waals surface area contributed by atoms with Gasteiger partial charge in [-0.25, -0.2) is 0 Å². The van der Waals surface area contributed by atoms with Gasteiger partial charge in [-0.15, -0.1) is 0 Å². The van der Waals surface area contributed by atoms with E-state index in [0.717, 1.165) is 19.3 Å². The summed E-state index contributed by atoms with van der Waals surface area (Å²) in [6, 6.07) is 43.4. The molecule has 6 aromatic rings. The molecular formula is C42H33N. The Hall–Kier alpha value is -4.88. The summed E-state index contributed by atoms with van der Waals surface area (Å²) in [5, 5.41) is 5.51. The highest BCUT2D eigenvalue weighted by Gasteiger charge is 2.39. The van der Waals surface area contributed by atoms with Gasteiger partial charge in [-0.2, -0.15) is 0 Å². The van der Waals surface area contributed by atoms with Crippen LogP contribution in [0.4, 0.5) is 11.4 Å². The van der Waals surface area contributed by atoms with E-state index in [-0.39, 0.29) is 0 Å². The molecule has 2 aliphatic carbocycles. The van der Waals surface area contributed by atoms with E-state index in [2.05, 4.69) is 144 Å². The Morgan fingerprint density at radius 3 is 2.23 bits per heavy atom. The molecule has 6 aromatic carbocycles. The first-order valence-electron chi connectivity index (χ1n) is 15.7. The van der Waals surface area contributed by atoms with Gasteiger partial charge in [-0.1, -0.05) is 109 Å². The van der Waals surface area contributed by atoms with Crippen LogP contribution in [0.3, 0.4) is 0 Å². The maximum absolute atomic E-state index is 2.62. The lowest BCUT2D eigenvalue weighted by atomic mass is 9.85. The Kier molecular flexibility index (Phi) is 5.66. The van der Waals surface area contributed by atoms with Crippen molar-refractivity contribution < 1.29 is 0 Å².